The van der Waals surface area contributed by atoms with Crippen molar-refractivity contribution in [3.63, 3.8) is 0 Å². The van der Waals surface area contributed by atoms with Crippen LogP contribution in [-0.4, -0.2) is 15.0 Å². The lowest BCUT2D eigenvalue weighted by Gasteiger charge is -2.11. The number of hydrogen-bond acceptors (Lipinski definition) is 5. The van der Waals surface area contributed by atoms with Crippen molar-refractivity contribution in [3.05, 3.63) is 47.4 Å². The summed E-state index contributed by atoms with van der Waals surface area (Å²) < 4.78 is 1.28. The summed E-state index contributed by atoms with van der Waals surface area (Å²) in [7, 11) is 0. The predicted molar refractivity (Wildman–Crippen MR) is 91.9 cm³/mol. The molecule has 2 heterocycles. The number of thiazole rings is 1. The van der Waals surface area contributed by atoms with E-state index in [1.165, 1.54) is 23.1 Å². The third-order valence-corrected chi connectivity index (χ3v) is 4.65. The second kappa shape index (κ2) is 6.83. The van der Waals surface area contributed by atoms with Crippen LogP contribution in [0.25, 0.3) is 10.2 Å². The molecule has 2 aromatic heterocycles. The van der Waals surface area contributed by atoms with Crippen LogP contribution < -0.4 is 5.73 Å². The lowest BCUT2D eigenvalue weighted by atomic mass is 9.97. The maximum Gasteiger partial charge on any atom is 0.126 e. The molecular formula is C17H20N4S. The van der Waals surface area contributed by atoms with Crippen LogP contribution in [0.3, 0.4) is 0 Å². The molecule has 5 heteroatoms. The number of fused-ring (bicyclic) bond motifs is 1. The number of aromatic nitrogens is 3. The van der Waals surface area contributed by atoms with Gasteiger partial charge in [-0.05, 0) is 42.9 Å². The Labute approximate surface area is 134 Å². The number of nitrogens with two attached hydrogens (primary N) is 1. The largest absolute Gasteiger partial charge is 0.384 e. The van der Waals surface area contributed by atoms with Crippen molar-refractivity contribution >= 4 is 27.4 Å². The summed E-state index contributed by atoms with van der Waals surface area (Å²) in [6.45, 7) is 2.27. The van der Waals surface area contributed by atoms with E-state index in [1.807, 2.05) is 11.6 Å². The summed E-state index contributed by atoms with van der Waals surface area (Å²) in [4.78, 5) is 12.5. The van der Waals surface area contributed by atoms with E-state index in [9.17, 15) is 0 Å². The van der Waals surface area contributed by atoms with Gasteiger partial charge in [0.25, 0.3) is 0 Å². The molecule has 3 aromatic rings. The average molecular weight is 312 g/mol. The van der Waals surface area contributed by atoms with Crippen molar-refractivity contribution in [1.29, 1.82) is 0 Å². The fourth-order valence-corrected chi connectivity index (χ4v) is 3.44. The highest BCUT2D eigenvalue weighted by atomic mass is 32.1. The Morgan fingerprint density at radius 3 is 2.95 bits per heavy atom. The Balaban J connectivity index is 1.49. The van der Waals surface area contributed by atoms with Crippen molar-refractivity contribution in [2.24, 2.45) is 5.92 Å². The van der Waals surface area contributed by atoms with E-state index in [0.29, 0.717) is 11.7 Å². The van der Waals surface area contributed by atoms with E-state index >= 15 is 0 Å². The number of rotatable bonds is 6. The minimum atomic E-state index is 0.551. The Kier molecular flexibility index (Phi) is 4.63. The number of aryl methyl sites for hydroxylation is 1. The molecule has 0 saturated heterocycles. The van der Waals surface area contributed by atoms with Crippen LogP contribution >= 0.6 is 11.3 Å². The molecular weight excluding hydrogens is 292 g/mol. The lowest BCUT2D eigenvalue weighted by molar-refractivity contribution is 0.502. The van der Waals surface area contributed by atoms with Crippen LogP contribution in [0.4, 0.5) is 5.82 Å². The molecule has 4 nitrogen and oxygen atoms in total. The zero-order chi connectivity index (χ0) is 15.4. The highest BCUT2D eigenvalue weighted by Crippen LogP contribution is 2.21. The Hall–Kier alpha value is -2.01. The highest BCUT2D eigenvalue weighted by Gasteiger charge is 2.06. The molecule has 1 aromatic carbocycles. The van der Waals surface area contributed by atoms with Crippen molar-refractivity contribution in [1.82, 2.24) is 15.0 Å². The smallest absolute Gasteiger partial charge is 0.126 e. The first-order valence-corrected chi connectivity index (χ1v) is 8.47. The van der Waals surface area contributed by atoms with Crippen LogP contribution in [-0.2, 0) is 12.8 Å². The van der Waals surface area contributed by atoms with E-state index in [-0.39, 0.29) is 0 Å². The van der Waals surface area contributed by atoms with Gasteiger partial charge in [-0.25, -0.2) is 15.0 Å². The van der Waals surface area contributed by atoms with Gasteiger partial charge in [0, 0.05) is 11.8 Å². The molecule has 22 heavy (non-hydrogen) atoms. The van der Waals surface area contributed by atoms with E-state index in [2.05, 4.69) is 40.1 Å². The van der Waals surface area contributed by atoms with Crippen LogP contribution in [0.2, 0.25) is 0 Å². The van der Waals surface area contributed by atoms with Gasteiger partial charge < -0.3 is 5.73 Å². The summed E-state index contributed by atoms with van der Waals surface area (Å²) in [6.07, 6.45) is 5.99. The maximum atomic E-state index is 5.69. The minimum absolute atomic E-state index is 0.551. The van der Waals surface area contributed by atoms with Gasteiger partial charge in [-0.15, -0.1) is 11.3 Å². The summed E-state index contributed by atoms with van der Waals surface area (Å²) in [5.74, 6) is 1.15. The predicted octanol–water partition coefficient (Wildman–Crippen LogP) is 3.87. The first-order chi connectivity index (χ1) is 10.7. The average Bonchev–Trinajstić information content (AvgIpc) is 2.95. The molecule has 2 N–H and O–H groups in total. The van der Waals surface area contributed by atoms with Crippen LogP contribution in [0, 0.1) is 5.92 Å². The zero-order valence-electron chi connectivity index (χ0n) is 12.7. The molecule has 1 atom stereocenters. The molecule has 0 radical (unpaired) electrons. The van der Waals surface area contributed by atoms with Gasteiger partial charge in [-0.3, -0.25) is 0 Å². The van der Waals surface area contributed by atoms with Crippen molar-refractivity contribution in [2.75, 3.05) is 5.73 Å². The third kappa shape index (κ3) is 3.80. The van der Waals surface area contributed by atoms with E-state index in [0.717, 1.165) is 24.1 Å². The van der Waals surface area contributed by atoms with Crippen molar-refractivity contribution < 1.29 is 0 Å². The first-order valence-electron chi connectivity index (χ1n) is 7.59. The standard InChI is InChI=1S/C17H20N4S/c1-12(7-14-9-17(18)20-10-19-14)3-2-4-13-5-6-15-16(8-13)22-11-21-15/h5-6,8-12H,2-4,7H2,1H3,(H2,18,19,20). The molecule has 0 aliphatic heterocycles. The van der Waals surface area contributed by atoms with Gasteiger partial charge in [0.2, 0.25) is 0 Å². The molecule has 1 unspecified atom stereocenters. The van der Waals surface area contributed by atoms with Gasteiger partial charge in [0.05, 0.1) is 15.7 Å². The zero-order valence-corrected chi connectivity index (χ0v) is 13.5. The van der Waals surface area contributed by atoms with E-state index in [4.69, 9.17) is 5.73 Å². The van der Waals surface area contributed by atoms with Gasteiger partial charge in [0.15, 0.2) is 0 Å². The van der Waals surface area contributed by atoms with E-state index in [1.54, 1.807) is 17.7 Å². The Bertz CT molecular complexity index is 753. The normalized spacial score (nSPS) is 12.6. The van der Waals surface area contributed by atoms with Gasteiger partial charge in [0.1, 0.15) is 12.1 Å². The molecule has 0 fully saturated rings. The second-order valence-electron chi connectivity index (χ2n) is 5.79. The molecule has 0 spiro atoms. The fourth-order valence-electron chi connectivity index (χ4n) is 2.70. The molecule has 0 aliphatic carbocycles. The maximum absolute atomic E-state index is 5.69. The minimum Gasteiger partial charge on any atom is -0.384 e. The number of anilines is 1. The fraction of sp³-hybridized carbons (Fsp3) is 0.353. The molecule has 0 saturated carbocycles. The van der Waals surface area contributed by atoms with Crippen LogP contribution in [0.15, 0.2) is 36.1 Å². The summed E-state index contributed by atoms with van der Waals surface area (Å²) >= 11 is 1.71. The molecule has 0 amide bonds. The summed E-state index contributed by atoms with van der Waals surface area (Å²) in [5.41, 5.74) is 11.1. The van der Waals surface area contributed by atoms with Crippen molar-refractivity contribution in [2.45, 2.75) is 32.6 Å². The van der Waals surface area contributed by atoms with E-state index < -0.39 is 0 Å². The van der Waals surface area contributed by atoms with Gasteiger partial charge >= 0.3 is 0 Å². The summed E-state index contributed by atoms with van der Waals surface area (Å²) in [5, 5.41) is 0. The Morgan fingerprint density at radius 2 is 2.09 bits per heavy atom. The summed E-state index contributed by atoms with van der Waals surface area (Å²) in [6, 6.07) is 8.45. The topological polar surface area (TPSA) is 64.7 Å². The van der Waals surface area contributed by atoms with Gasteiger partial charge in [-0.2, -0.15) is 0 Å². The lowest BCUT2D eigenvalue weighted by Crippen LogP contribution is -2.04. The Morgan fingerprint density at radius 1 is 1.18 bits per heavy atom. The van der Waals surface area contributed by atoms with Crippen molar-refractivity contribution in [3.8, 4) is 0 Å². The highest BCUT2D eigenvalue weighted by molar-refractivity contribution is 7.16. The molecule has 0 aliphatic rings. The van der Waals surface area contributed by atoms with Gasteiger partial charge in [-0.1, -0.05) is 19.4 Å². The third-order valence-electron chi connectivity index (χ3n) is 3.86. The monoisotopic (exact) mass is 312 g/mol. The molecule has 3 rings (SSSR count). The first kappa shape index (κ1) is 14.9. The number of benzene rings is 1. The van der Waals surface area contributed by atoms with Crippen LogP contribution in [0.5, 0.6) is 0 Å². The molecule has 114 valence electrons. The molecule has 0 bridgehead atoms. The number of nitrogen functional groups attached to an aromatic ring is 1. The van der Waals surface area contributed by atoms with Crippen LogP contribution in [0.1, 0.15) is 31.0 Å². The SMILES string of the molecule is CC(CCCc1ccc2ncsc2c1)Cc1cc(N)ncn1. The number of hydrogen-bond donors (Lipinski definition) is 1. The second-order valence-corrected chi connectivity index (χ2v) is 6.68. The quantitative estimate of drug-likeness (QED) is 0.750. The number of nitrogens with zero attached hydrogens (tertiary/aromatic N) is 3.